The summed E-state index contributed by atoms with van der Waals surface area (Å²) in [4.78, 5) is 15.6. The van der Waals surface area contributed by atoms with Gasteiger partial charge in [0.2, 0.25) is 0 Å². The third-order valence-corrected chi connectivity index (χ3v) is 11.9. The second-order valence-corrected chi connectivity index (χ2v) is 15.6. The van der Waals surface area contributed by atoms with Crippen LogP contribution in [0.25, 0.3) is 112 Å². The molecule has 0 unspecified atom stereocenters. The van der Waals surface area contributed by atoms with Crippen molar-refractivity contribution in [1.29, 1.82) is 0 Å². The summed E-state index contributed by atoms with van der Waals surface area (Å²) in [6.45, 7) is 0. The second kappa shape index (κ2) is 13.9. The third kappa shape index (κ3) is 5.80. The average Bonchev–Trinajstić information content (AvgIpc) is 3.62. The summed E-state index contributed by atoms with van der Waals surface area (Å²) < 4.78 is 6.91. The minimum Gasteiger partial charge on any atom is -0.455 e. The van der Waals surface area contributed by atoms with E-state index in [0.717, 1.165) is 61.4 Å². The molecule has 0 spiro atoms. The van der Waals surface area contributed by atoms with E-state index in [1.807, 2.05) is 6.07 Å². The predicted octanol–water partition coefficient (Wildman–Crippen LogP) is 14.5. The SMILES string of the molecule is C1=C(c2cccc3c2oc2cccc(-c4nc(-c5ccc6ccccc6c5)nc(-c5ccc6ccccc6c5)n4)c23)Cc2ccccc2-c2cc(-c3ccccc3)ccc21. The van der Waals surface area contributed by atoms with Gasteiger partial charge in [0.1, 0.15) is 11.2 Å². The molecule has 280 valence electrons. The van der Waals surface area contributed by atoms with Gasteiger partial charge in [-0.3, -0.25) is 0 Å². The number of fused-ring (bicyclic) bond motifs is 8. The van der Waals surface area contributed by atoms with Crippen LogP contribution in [0.1, 0.15) is 16.7 Å². The van der Waals surface area contributed by atoms with Crippen LogP contribution in [-0.2, 0) is 6.42 Å². The summed E-state index contributed by atoms with van der Waals surface area (Å²) in [6, 6.07) is 68.5. The zero-order chi connectivity index (χ0) is 39.6. The normalized spacial score (nSPS) is 12.4. The Morgan fingerprint density at radius 1 is 0.383 bits per heavy atom. The molecule has 11 aromatic rings. The minimum atomic E-state index is 0.598. The maximum absolute atomic E-state index is 6.91. The van der Waals surface area contributed by atoms with E-state index in [2.05, 4.69) is 194 Å². The molecule has 4 heteroatoms. The van der Waals surface area contributed by atoms with Crippen molar-refractivity contribution in [3.05, 3.63) is 211 Å². The van der Waals surface area contributed by atoms with Gasteiger partial charge in [-0.25, -0.2) is 15.0 Å². The lowest BCUT2D eigenvalue weighted by molar-refractivity contribution is 0.667. The van der Waals surface area contributed by atoms with Gasteiger partial charge in [-0.05, 0) is 91.2 Å². The highest BCUT2D eigenvalue weighted by Crippen LogP contribution is 2.43. The summed E-state index contributed by atoms with van der Waals surface area (Å²) >= 11 is 0. The number of hydrogen-bond acceptors (Lipinski definition) is 4. The standard InChI is InChI=1S/C56H35N3O/c1-2-12-35(13-3-1)40-26-27-42-33-45(32-41-18-8-9-19-46(41)50(42)34-40)47-20-10-21-48-52-49(22-11-23-51(52)60-53(47)48)56-58-54(43-28-24-36-14-4-6-16-38(36)30-43)57-55(59-56)44-29-25-37-15-5-7-17-39(37)31-44/h1-31,33-34H,32H2. The minimum absolute atomic E-state index is 0.598. The van der Waals surface area contributed by atoms with Crippen LogP contribution in [-0.4, -0.2) is 15.0 Å². The lowest BCUT2D eigenvalue weighted by Crippen LogP contribution is -2.00. The third-order valence-electron chi connectivity index (χ3n) is 11.9. The Bertz CT molecular complexity index is 3430. The number of para-hydroxylation sites is 1. The van der Waals surface area contributed by atoms with Crippen molar-refractivity contribution in [2.24, 2.45) is 0 Å². The van der Waals surface area contributed by atoms with Gasteiger partial charge in [0.15, 0.2) is 17.5 Å². The van der Waals surface area contributed by atoms with E-state index in [-0.39, 0.29) is 0 Å². The maximum Gasteiger partial charge on any atom is 0.164 e. The molecule has 0 fully saturated rings. The van der Waals surface area contributed by atoms with Gasteiger partial charge in [0.25, 0.3) is 0 Å². The van der Waals surface area contributed by atoms with Crippen molar-refractivity contribution >= 4 is 55.1 Å². The van der Waals surface area contributed by atoms with E-state index in [1.54, 1.807) is 0 Å². The summed E-state index contributed by atoms with van der Waals surface area (Å²) in [5.41, 5.74) is 14.1. The van der Waals surface area contributed by atoms with Crippen molar-refractivity contribution in [2.75, 3.05) is 0 Å². The molecule has 0 saturated carbocycles. The Hall–Kier alpha value is -7.95. The Labute approximate surface area is 346 Å². The first kappa shape index (κ1) is 34.1. The largest absolute Gasteiger partial charge is 0.455 e. The van der Waals surface area contributed by atoms with E-state index in [4.69, 9.17) is 19.4 Å². The molecule has 0 aliphatic heterocycles. The molecule has 9 aromatic carbocycles. The van der Waals surface area contributed by atoms with Crippen LogP contribution in [0.2, 0.25) is 0 Å². The van der Waals surface area contributed by atoms with Crippen LogP contribution in [0.15, 0.2) is 199 Å². The van der Waals surface area contributed by atoms with Crippen LogP contribution in [0.3, 0.4) is 0 Å². The van der Waals surface area contributed by atoms with Crippen LogP contribution in [0.5, 0.6) is 0 Å². The number of hydrogen-bond donors (Lipinski definition) is 0. The van der Waals surface area contributed by atoms with Crippen molar-refractivity contribution in [1.82, 2.24) is 15.0 Å². The molecule has 0 bridgehead atoms. The Morgan fingerprint density at radius 2 is 0.983 bits per heavy atom. The fourth-order valence-electron chi connectivity index (χ4n) is 8.98. The predicted molar refractivity (Wildman–Crippen MR) is 247 cm³/mol. The van der Waals surface area contributed by atoms with Gasteiger partial charge in [-0.2, -0.15) is 0 Å². The first-order valence-electron chi connectivity index (χ1n) is 20.4. The van der Waals surface area contributed by atoms with E-state index in [1.165, 1.54) is 49.7 Å². The van der Waals surface area contributed by atoms with Crippen molar-refractivity contribution < 1.29 is 4.42 Å². The van der Waals surface area contributed by atoms with E-state index in [0.29, 0.717) is 17.5 Å². The van der Waals surface area contributed by atoms with Gasteiger partial charge in [0, 0.05) is 33.0 Å². The van der Waals surface area contributed by atoms with Crippen LogP contribution in [0, 0.1) is 0 Å². The topological polar surface area (TPSA) is 51.8 Å². The molecular formula is C56H35N3O. The number of nitrogens with zero attached hydrogens (tertiary/aromatic N) is 3. The van der Waals surface area contributed by atoms with Gasteiger partial charge in [0.05, 0.1) is 0 Å². The smallest absolute Gasteiger partial charge is 0.164 e. The fraction of sp³-hybridized carbons (Fsp3) is 0.0179. The van der Waals surface area contributed by atoms with Gasteiger partial charge < -0.3 is 4.42 Å². The highest BCUT2D eigenvalue weighted by atomic mass is 16.3. The Balaban J connectivity index is 1.04. The number of rotatable bonds is 5. The van der Waals surface area contributed by atoms with Crippen LogP contribution in [0.4, 0.5) is 0 Å². The molecule has 4 nitrogen and oxygen atoms in total. The molecule has 60 heavy (non-hydrogen) atoms. The van der Waals surface area contributed by atoms with Crippen molar-refractivity contribution in [3.8, 4) is 56.4 Å². The summed E-state index contributed by atoms with van der Waals surface area (Å²) in [6.07, 6.45) is 3.12. The van der Waals surface area contributed by atoms with Crippen molar-refractivity contribution in [2.45, 2.75) is 6.42 Å². The molecule has 0 saturated heterocycles. The molecule has 12 rings (SSSR count). The fourth-order valence-corrected chi connectivity index (χ4v) is 8.98. The van der Waals surface area contributed by atoms with Gasteiger partial charge in [-0.1, -0.05) is 176 Å². The first-order valence-corrected chi connectivity index (χ1v) is 20.4. The number of aromatic nitrogens is 3. The second-order valence-electron chi connectivity index (χ2n) is 15.6. The molecule has 1 aliphatic carbocycles. The van der Waals surface area contributed by atoms with Crippen LogP contribution < -0.4 is 0 Å². The average molecular weight is 766 g/mol. The zero-order valence-corrected chi connectivity index (χ0v) is 32.5. The van der Waals surface area contributed by atoms with Gasteiger partial charge >= 0.3 is 0 Å². The Kier molecular flexibility index (Phi) is 7.88. The van der Waals surface area contributed by atoms with E-state index < -0.39 is 0 Å². The molecule has 0 radical (unpaired) electrons. The highest BCUT2D eigenvalue weighted by molar-refractivity contribution is 6.15. The van der Waals surface area contributed by atoms with Crippen LogP contribution >= 0.6 is 0 Å². The summed E-state index contributed by atoms with van der Waals surface area (Å²) in [5, 5.41) is 6.61. The summed E-state index contributed by atoms with van der Waals surface area (Å²) in [5.74, 6) is 1.84. The molecule has 2 aromatic heterocycles. The molecule has 2 heterocycles. The molecule has 0 atom stereocenters. The molecular weight excluding hydrogens is 731 g/mol. The maximum atomic E-state index is 6.91. The number of allylic oxidation sites excluding steroid dienone is 1. The quantitative estimate of drug-likeness (QED) is 0.175. The lowest BCUT2D eigenvalue weighted by Gasteiger charge is -2.11. The van der Waals surface area contributed by atoms with E-state index in [9.17, 15) is 0 Å². The lowest BCUT2D eigenvalue weighted by atomic mass is 9.92. The summed E-state index contributed by atoms with van der Waals surface area (Å²) in [7, 11) is 0. The van der Waals surface area contributed by atoms with Gasteiger partial charge in [-0.15, -0.1) is 0 Å². The van der Waals surface area contributed by atoms with E-state index >= 15 is 0 Å². The first-order chi connectivity index (χ1) is 29.7. The number of furan rings is 1. The highest BCUT2D eigenvalue weighted by Gasteiger charge is 2.23. The van der Waals surface area contributed by atoms with Crippen molar-refractivity contribution in [3.63, 3.8) is 0 Å². The molecule has 0 amide bonds. The Morgan fingerprint density at radius 3 is 1.73 bits per heavy atom. The zero-order valence-electron chi connectivity index (χ0n) is 32.5. The molecule has 0 N–H and O–H groups in total. The number of benzene rings is 9. The molecule has 1 aliphatic rings. The monoisotopic (exact) mass is 765 g/mol.